The minimum absolute atomic E-state index is 0.310. The van der Waals surface area contributed by atoms with E-state index >= 15 is 0 Å². The molecule has 0 aliphatic rings. The minimum Gasteiger partial charge on any atom is -0.478 e. The molecule has 0 spiro atoms. The van der Waals surface area contributed by atoms with Gasteiger partial charge in [-0.05, 0) is 37.7 Å². The summed E-state index contributed by atoms with van der Waals surface area (Å²) in [6, 6.07) is 5.09. The molecule has 4 heteroatoms. The van der Waals surface area contributed by atoms with Gasteiger partial charge in [-0.15, -0.1) is 0 Å². The van der Waals surface area contributed by atoms with Gasteiger partial charge < -0.3 is 10.4 Å². The van der Waals surface area contributed by atoms with Gasteiger partial charge in [-0.3, -0.25) is 0 Å². The third-order valence-corrected chi connectivity index (χ3v) is 2.68. The van der Waals surface area contributed by atoms with Crippen molar-refractivity contribution < 1.29 is 9.90 Å². The standard InChI is InChI=1S/C10H12BrNO2/c1-12-5-4-7-2-3-8(10(13)14)6-9(7)11/h2-3,6,12H,4-5H2,1H3,(H,13,14). The van der Waals surface area contributed by atoms with E-state index in [4.69, 9.17) is 5.11 Å². The number of carboxylic acid groups (broad SMARTS) is 1. The zero-order valence-electron chi connectivity index (χ0n) is 7.88. The van der Waals surface area contributed by atoms with Gasteiger partial charge in [0.2, 0.25) is 0 Å². The molecule has 0 saturated carbocycles. The highest BCUT2D eigenvalue weighted by Crippen LogP contribution is 2.18. The highest BCUT2D eigenvalue weighted by atomic mass is 79.9. The van der Waals surface area contributed by atoms with Crippen LogP contribution in [0.25, 0.3) is 0 Å². The van der Waals surface area contributed by atoms with Crippen LogP contribution < -0.4 is 5.32 Å². The average Bonchev–Trinajstić information content (AvgIpc) is 2.15. The molecular weight excluding hydrogens is 246 g/mol. The first-order valence-electron chi connectivity index (χ1n) is 4.31. The van der Waals surface area contributed by atoms with Crippen LogP contribution in [0.1, 0.15) is 15.9 Å². The van der Waals surface area contributed by atoms with Crippen molar-refractivity contribution in [3.05, 3.63) is 33.8 Å². The molecule has 0 aliphatic carbocycles. The molecular formula is C10H12BrNO2. The fraction of sp³-hybridized carbons (Fsp3) is 0.300. The lowest BCUT2D eigenvalue weighted by molar-refractivity contribution is 0.0697. The van der Waals surface area contributed by atoms with Gasteiger partial charge in [0.1, 0.15) is 0 Å². The van der Waals surface area contributed by atoms with E-state index < -0.39 is 5.97 Å². The number of halogens is 1. The summed E-state index contributed by atoms with van der Waals surface area (Å²) in [7, 11) is 1.89. The van der Waals surface area contributed by atoms with Crippen LogP contribution in [-0.2, 0) is 6.42 Å². The number of rotatable bonds is 4. The largest absolute Gasteiger partial charge is 0.478 e. The fourth-order valence-corrected chi connectivity index (χ4v) is 1.72. The highest BCUT2D eigenvalue weighted by molar-refractivity contribution is 9.10. The molecule has 1 aromatic carbocycles. The van der Waals surface area contributed by atoms with E-state index in [1.807, 2.05) is 13.1 Å². The van der Waals surface area contributed by atoms with Gasteiger partial charge in [0.25, 0.3) is 0 Å². The van der Waals surface area contributed by atoms with Crippen molar-refractivity contribution in [2.45, 2.75) is 6.42 Å². The van der Waals surface area contributed by atoms with Gasteiger partial charge in [0.15, 0.2) is 0 Å². The quantitative estimate of drug-likeness (QED) is 0.867. The van der Waals surface area contributed by atoms with Crippen LogP contribution in [0.15, 0.2) is 22.7 Å². The van der Waals surface area contributed by atoms with Crippen molar-refractivity contribution in [3.8, 4) is 0 Å². The molecule has 14 heavy (non-hydrogen) atoms. The molecule has 0 amide bonds. The second-order valence-electron chi connectivity index (χ2n) is 2.96. The summed E-state index contributed by atoms with van der Waals surface area (Å²) in [5.41, 5.74) is 1.43. The molecule has 0 radical (unpaired) electrons. The summed E-state index contributed by atoms with van der Waals surface area (Å²) in [5.74, 6) is -0.897. The normalized spacial score (nSPS) is 10.1. The smallest absolute Gasteiger partial charge is 0.335 e. The van der Waals surface area contributed by atoms with Crippen LogP contribution in [0.5, 0.6) is 0 Å². The van der Waals surface area contributed by atoms with Gasteiger partial charge >= 0.3 is 5.97 Å². The maximum Gasteiger partial charge on any atom is 0.335 e. The van der Waals surface area contributed by atoms with Crippen molar-refractivity contribution in [3.63, 3.8) is 0 Å². The number of aromatic carboxylic acids is 1. The Hall–Kier alpha value is -0.870. The number of benzene rings is 1. The molecule has 0 aliphatic heterocycles. The first-order chi connectivity index (χ1) is 6.65. The summed E-state index contributed by atoms with van der Waals surface area (Å²) in [4.78, 5) is 10.6. The van der Waals surface area contributed by atoms with E-state index in [0.29, 0.717) is 5.56 Å². The Labute approximate surface area is 91.3 Å². The molecule has 0 saturated heterocycles. The Balaban J connectivity index is 2.84. The molecule has 0 bridgehead atoms. The Morgan fingerprint density at radius 1 is 1.57 bits per heavy atom. The lowest BCUT2D eigenvalue weighted by Gasteiger charge is -2.04. The number of carbonyl (C=O) groups is 1. The van der Waals surface area contributed by atoms with Crippen molar-refractivity contribution >= 4 is 21.9 Å². The predicted molar refractivity (Wildman–Crippen MR) is 58.7 cm³/mol. The van der Waals surface area contributed by atoms with Gasteiger partial charge in [-0.2, -0.15) is 0 Å². The van der Waals surface area contributed by atoms with Crippen LogP contribution in [0.4, 0.5) is 0 Å². The van der Waals surface area contributed by atoms with E-state index in [0.717, 1.165) is 23.0 Å². The molecule has 0 atom stereocenters. The van der Waals surface area contributed by atoms with Crippen molar-refractivity contribution in [2.24, 2.45) is 0 Å². The molecule has 1 rings (SSSR count). The first-order valence-corrected chi connectivity index (χ1v) is 5.10. The fourth-order valence-electron chi connectivity index (χ4n) is 1.14. The number of hydrogen-bond acceptors (Lipinski definition) is 2. The van der Waals surface area contributed by atoms with Gasteiger partial charge in [0, 0.05) is 4.47 Å². The van der Waals surface area contributed by atoms with Crippen LogP contribution >= 0.6 is 15.9 Å². The van der Waals surface area contributed by atoms with Crippen LogP contribution in [-0.4, -0.2) is 24.7 Å². The number of nitrogens with one attached hydrogen (secondary N) is 1. The Kier molecular flexibility index (Phi) is 4.10. The second kappa shape index (κ2) is 5.12. The molecule has 0 fully saturated rings. The van der Waals surface area contributed by atoms with Crippen LogP contribution in [0.2, 0.25) is 0 Å². The molecule has 76 valence electrons. The minimum atomic E-state index is -0.897. The maximum absolute atomic E-state index is 10.6. The van der Waals surface area contributed by atoms with E-state index in [1.165, 1.54) is 0 Å². The molecule has 3 nitrogen and oxygen atoms in total. The molecule has 0 unspecified atom stereocenters. The zero-order chi connectivity index (χ0) is 10.6. The summed E-state index contributed by atoms with van der Waals surface area (Å²) in [6.07, 6.45) is 0.886. The molecule has 0 heterocycles. The topological polar surface area (TPSA) is 49.3 Å². The summed E-state index contributed by atoms with van der Waals surface area (Å²) >= 11 is 3.35. The third kappa shape index (κ3) is 2.82. The third-order valence-electron chi connectivity index (χ3n) is 1.94. The highest BCUT2D eigenvalue weighted by Gasteiger charge is 2.05. The Morgan fingerprint density at radius 3 is 2.79 bits per heavy atom. The van der Waals surface area contributed by atoms with E-state index in [9.17, 15) is 4.79 Å². The van der Waals surface area contributed by atoms with Crippen LogP contribution in [0, 0.1) is 0 Å². The van der Waals surface area contributed by atoms with Crippen molar-refractivity contribution in [1.29, 1.82) is 0 Å². The summed E-state index contributed by atoms with van der Waals surface area (Å²) in [5, 5.41) is 11.8. The molecule has 1 aromatic rings. The van der Waals surface area contributed by atoms with Crippen molar-refractivity contribution in [1.82, 2.24) is 5.32 Å². The summed E-state index contributed by atoms with van der Waals surface area (Å²) in [6.45, 7) is 0.880. The molecule has 2 N–H and O–H groups in total. The summed E-state index contributed by atoms with van der Waals surface area (Å²) < 4.78 is 0.854. The van der Waals surface area contributed by atoms with Gasteiger partial charge in [-0.1, -0.05) is 22.0 Å². The Bertz CT molecular complexity index is 339. The van der Waals surface area contributed by atoms with E-state index in [1.54, 1.807) is 12.1 Å². The average molecular weight is 258 g/mol. The maximum atomic E-state index is 10.6. The zero-order valence-corrected chi connectivity index (χ0v) is 9.47. The van der Waals surface area contributed by atoms with Crippen LogP contribution in [0.3, 0.4) is 0 Å². The Morgan fingerprint density at radius 2 is 2.29 bits per heavy atom. The number of carboxylic acids is 1. The molecule has 0 aromatic heterocycles. The number of hydrogen-bond donors (Lipinski definition) is 2. The van der Waals surface area contributed by atoms with E-state index in [-0.39, 0.29) is 0 Å². The van der Waals surface area contributed by atoms with E-state index in [2.05, 4.69) is 21.2 Å². The van der Waals surface area contributed by atoms with Crippen molar-refractivity contribution in [2.75, 3.05) is 13.6 Å². The van der Waals surface area contributed by atoms with Gasteiger partial charge in [0.05, 0.1) is 5.56 Å². The predicted octanol–water partition coefficient (Wildman–Crippen LogP) is 1.91. The monoisotopic (exact) mass is 257 g/mol. The second-order valence-corrected chi connectivity index (χ2v) is 3.82. The first kappa shape index (κ1) is 11.2. The lowest BCUT2D eigenvalue weighted by atomic mass is 10.1. The number of likely N-dealkylation sites (N-methyl/N-ethyl adjacent to an activating group) is 1. The SMILES string of the molecule is CNCCc1ccc(C(=O)O)cc1Br. The van der Waals surface area contributed by atoms with Gasteiger partial charge in [-0.25, -0.2) is 4.79 Å². The lowest BCUT2D eigenvalue weighted by Crippen LogP contribution is -2.10.